The lowest BCUT2D eigenvalue weighted by atomic mass is 10.1. The van der Waals surface area contributed by atoms with Gasteiger partial charge in [0.1, 0.15) is 5.82 Å². The lowest BCUT2D eigenvalue weighted by Gasteiger charge is -2.29. The second-order valence-electron chi connectivity index (χ2n) is 5.67. The molecule has 0 radical (unpaired) electrons. The second kappa shape index (κ2) is 7.10. The van der Waals surface area contributed by atoms with E-state index in [1.807, 2.05) is 12.1 Å². The van der Waals surface area contributed by atoms with Gasteiger partial charge in [0.25, 0.3) is 0 Å². The summed E-state index contributed by atoms with van der Waals surface area (Å²) in [4.78, 5) is 6.99. The van der Waals surface area contributed by atoms with Crippen LogP contribution in [-0.2, 0) is 16.6 Å². The molecule has 5 nitrogen and oxygen atoms in total. The number of nitrogens with one attached hydrogen (secondary N) is 1. The van der Waals surface area contributed by atoms with Crippen molar-refractivity contribution >= 4 is 15.8 Å². The highest BCUT2D eigenvalue weighted by Crippen LogP contribution is 2.22. The third kappa shape index (κ3) is 3.89. The predicted molar refractivity (Wildman–Crippen MR) is 90.8 cm³/mol. The molecule has 1 aliphatic heterocycles. The van der Waals surface area contributed by atoms with E-state index < -0.39 is 10.0 Å². The van der Waals surface area contributed by atoms with E-state index in [2.05, 4.69) is 14.6 Å². The Morgan fingerprint density at radius 3 is 2.48 bits per heavy atom. The highest BCUT2D eigenvalue weighted by atomic mass is 32.2. The summed E-state index contributed by atoms with van der Waals surface area (Å²) in [6, 6.07) is 12.2. The van der Waals surface area contributed by atoms with Crippen molar-refractivity contribution in [2.45, 2.75) is 30.7 Å². The lowest BCUT2D eigenvalue weighted by Crippen LogP contribution is -2.32. The van der Waals surface area contributed by atoms with E-state index in [0.717, 1.165) is 37.3 Å². The lowest BCUT2D eigenvalue weighted by molar-refractivity contribution is 0.569. The molecule has 0 atom stereocenters. The Bertz CT molecular complexity index is 741. The van der Waals surface area contributed by atoms with E-state index in [1.165, 1.54) is 6.42 Å². The van der Waals surface area contributed by atoms with Gasteiger partial charge in [-0.15, -0.1) is 0 Å². The van der Waals surface area contributed by atoms with Gasteiger partial charge in [-0.1, -0.05) is 24.3 Å². The zero-order valence-corrected chi connectivity index (χ0v) is 13.8. The summed E-state index contributed by atoms with van der Waals surface area (Å²) < 4.78 is 27.4. The molecular formula is C17H21N3O2S. The fraction of sp³-hybridized carbons (Fsp3) is 0.353. The molecule has 0 unspecified atom stereocenters. The zero-order chi connectivity index (χ0) is 16.1. The van der Waals surface area contributed by atoms with Crippen molar-refractivity contribution < 1.29 is 8.42 Å². The Balaban J connectivity index is 1.76. The van der Waals surface area contributed by atoms with Crippen molar-refractivity contribution in [1.82, 2.24) is 9.71 Å². The van der Waals surface area contributed by atoms with Gasteiger partial charge in [-0.25, -0.2) is 18.1 Å². The third-order valence-corrected chi connectivity index (χ3v) is 5.45. The SMILES string of the molecule is O=S(=O)(NCc1cccnc1N1CCCCC1)c1ccccc1. The largest absolute Gasteiger partial charge is 0.356 e. The van der Waals surface area contributed by atoms with E-state index in [4.69, 9.17) is 0 Å². The van der Waals surface area contributed by atoms with Gasteiger partial charge in [0, 0.05) is 31.4 Å². The molecule has 122 valence electrons. The Morgan fingerprint density at radius 1 is 1.00 bits per heavy atom. The molecule has 0 saturated carbocycles. The maximum atomic E-state index is 12.3. The fourth-order valence-electron chi connectivity index (χ4n) is 2.81. The van der Waals surface area contributed by atoms with Crippen LogP contribution in [0.5, 0.6) is 0 Å². The zero-order valence-electron chi connectivity index (χ0n) is 13.0. The minimum Gasteiger partial charge on any atom is -0.356 e. The molecule has 2 heterocycles. The standard InChI is InChI=1S/C17H21N3O2S/c21-23(22,16-9-3-1-4-10-16)19-14-15-8-7-11-18-17(15)20-12-5-2-6-13-20/h1,3-4,7-11,19H,2,5-6,12-14H2. The average Bonchev–Trinajstić information content (AvgIpc) is 2.62. The molecule has 1 aromatic heterocycles. The minimum absolute atomic E-state index is 0.247. The van der Waals surface area contributed by atoms with E-state index in [1.54, 1.807) is 36.5 Å². The van der Waals surface area contributed by atoms with Crippen LogP contribution in [0.4, 0.5) is 5.82 Å². The van der Waals surface area contributed by atoms with Gasteiger partial charge in [-0.05, 0) is 37.5 Å². The second-order valence-corrected chi connectivity index (χ2v) is 7.44. The van der Waals surface area contributed by atoms with Gasteiger partial charge in [0.15, 0.2) is 0 Å². The number of pyridine rings is 1. The number of anilines is 1. The number of hydrogen-bond acceptors (Lipinski definition) is 4. The molecule has 1 N–H and O–H groups in total. The smallest absolute Gasteiger partial charge is 0.240 e. The predicted octanol–water partition coefficient (Wildman–Crippen LogP) is 2.55. The van der Waals surface area contributed by atoms with Crippen LogP contribution in [0.3, 0.4) is 0 Å². The van der Waals surface area contributed by atoms with Gasteiger partial charge < -0.3 is 4.90 Å². The maximum Gasteiger partial charge on any atom is 0.240 e. The topological polar surface area (TPSA) is 62.3 Å². The summed E-state index contributed by atoms with van der Waals surface area (Å²) in [6.45, 7) is 2.21. The molecule has 6 heteroatoms. The van der Waals surface area contributed by atoms with Crippen molar-refractivity contribution in [3.63, 3.8) is 0 Å². The van der Waals surface area contributed by atoms with Gasteiger partial charge in [0.05, 0.1) is 4.90 Å². The van der Waals surface area contributed by atoms with Crippen LogP contribution in [0.1, 0.15) is 24.8 Å². The molecule has 3 rings (SSSR count). The Morgan fingerprint density at radius 2 is 1.74 bits per heavy atom. The highest BCUT2D eigenvalue weighted by molar-refractivity contribution is 7.89. The number of piperidine rings is 1. The summed E-state index contributed by atoms with van der Waals surface area (Å²) in [7, 11) is -3.50. The monoisotopic (exact) mass is 331 g/mol. The quantitative estimate of drug-likeness (QED) is 0.914. The van der Waals surface area contributed by atoms with Crippen molar-refractivity contribution in [2.24, 2.45) is 0 Å². The molecule has 2 aromatic rings. The molecule has 0 aliphatic carbocycles. The molecule has 1 aliphatic rings. The van der Waals surface area contributed by atoms with Gasteiger partial charge in [0.2, 0.25) is 10.0 Å². The summed E-state index contributed by atoms with van der Waals surface area (Å²) in [6.07, 6.45) is 5.33. The number of aromatic nitrogens is 1. The van der Waals surface area contributed by atoms with Crippen LogP contribution >= 0.6 is 0 Å². The van der Waals surface area contributed by atoms with Crippen molar-refractivity contribution in [3.8, 4) is 0 Å². The van der Waals surface area contributed by atoms with E-state index in [0.29, 0.717) is 0 Å². The first-order valence-corrected chi connectivity index (χ1v) is 9.39. The summed E-state index contributed by atoms with van der Waals surface area (Å²) in [5.74, 6) is 0.892. The van der Waals surface area contributed by atoms with Crippen LogP contribution in [0.25, 0.3) is 0 Å². The summed E-state index contributed by atoms with van der Waals surface area (Å²) in [5, 5.41) is 0. The molecule has 23 heavy (non-hydrogen) atoms. The first-order chi connectivity index (χ1) is 11.2. The van der Waals surface area contributed by atoms with Gasteiger partial charge >= 0.3 is 0 Å². The Kier molecular flexibility index (Phi) is 4.93. The molecule has 1 aromatic carbocycles. The van der Waals surface area contributed by atoms with Crippen LogP contribution in [0, 0.1) is 0 Å². The Hall–Kier alpha value is -1.92. The van der Waals surface area contributed by atoms with Crippen LogP contribution in [-0.4, -0.2) is 26.5 Å². The normalized spacial score (nSPS) is 15.6. The van der Waals surface area contributed by atoms with E-state index in [9.17, 15) is 8.42 Å². The number of rotatable bonds is 5. The highest BCUT2D eigenvalue weighted by Gasteiger charge is 2.18. The average molecular weight is 331 g/mol. The van der Waals surface area contributed by atoms with E-state index in [-0.39, 0.29) is 11.4 Å². The number of nitrogens with zero attached hydrogens (tertiary/aromatic N) is 2. The van der Waals surface area contributed by atoms with E-state index >= 15 is 0 Å². The summed E-state index contributed by atoms with van der Waals surface area (Å²) >= 11 is 0. The summed E-state index contributed by atoms with van der Waals surface area (Å²) in [5.41, 5.74) is 0.911. The van der Waals surface area contributed by atoms with Crippen molar-refractivity contribution in [2.75, 3.05) is 18.0 Å². The molecule has 0 spiro atoms. The number of sulfonamides is 1. The van der Waals surface area contributed by atoms with Crippen molar-refractivity contribution in [1.29, 1.82) is 0 Å². The first kappa shape index (κ1) is 16.0. The molecule has 1 saturated heterocycles. The number of benzene rings is 1. The van der Waals surface area contributed by atoms with Crippen molar-refractivity contribution in [3.05, 3.63) is 54.2 Å². The van der Waals surface area contributed by atoms with Crippen LogP contribution < -0.4 is 9.62 Å². The third-order valence-electron chi connectivity index (χ3n) is 4.03. The van der Waals surface area contributed by atoms with Crippen LogP contribution in [0.15, 0.2) is 53.6 Å². The fourth-order valence-corrected chi connectivity index (χ4v) is 3.84. The van der Waals surface area contributed by atoms with Gasteiger partial charge in [-0.3, -0.25) is 0 Å². The van der Waals surface area contributed by atoms with Gasteiger partial charge in [-0.2, -0.15) is 0 Å². The van der Waals surface area contributed by atoms with Crippen LogP contribution in [0.2, 0.25) is 0 Å². The Labute approximate surface area is 137 Å². The molecular weight excluding hydrogens is 310 g/mol. The maximum absolute atomic E-state index is 12.3. The molecule has 0 amide bonds. The molecule has 1 fully saturated rings. The minimum atomic E-state index is -3.50. The molecule has 0 bridgehead atoms. The number of hydrogen-bond donors (Lipinski definition) is 1. The first-order valence-electron chi connectivity index (χ1n) is 7.90.